The number of ether oxygens (including phenoxy) is 2. The summed E-state index contributed by atoms with van der Waals surface area (Å²) in [4.78, 5) is 0. The van der Waals surface area contributed by atoms with Gasteiger partial charge in [0.05, 0.1) is 18.0 Å². The average Bonchev–Trinajstić information content (AvgIpc) is 3.38. The third-order valence-electron chi connectivity index (χ3n) is 5.70. The molecule has 0 N–H and O–H groups in total. The maximum absolute atomic E-state index is 12.6. The first-order valence-corrected chi connectivity index (χ1v) is 10.3. The summed E-state index contributed by atoms with van der Waals surface area (Å²) in [6.07, 6.45) is 7.28. The van der Waals surface area contributed by atoms with E-state index in [2.05, 4.69) is 0 Å². The molecule has 2 heterocycles. The van der Waals surface area contributed by atoms with Gasteiger partial charge in [0, 0.05) is 31.7 Å². The minimum absolute atomic E-state index is 0.113. The lowest BCUT2D eigenvalue weighted by Gasteiger charge is -2.49. The van der Waals surface area contributed by atoms with Crippen LogP contribution in [0.3, 0.4) is 0 Å². The number of hydrogen-bond donors (Lipinski definition) is 0. The molecule has 5 nitrogen and oxygen atoms in total. The van der Waals surface area contributed by atoms with Gasteiger partial charge >= 0.3 is 0 Å². The van der Waals surface area contributed by atoms with Crippen molar-refractivity contribution in [1.82, 2.24) is 4.31 Å². The van der Waals surface area contributed by atoms with Crippen molar-refractivity contribution in [1.29, 1.82) is 0 Å². The topological polar surface area (TPSA) is 55.8 Å². The van der Waals surface area contributed by atoms with Gasteiger partial charge in [-0.15, -0.1) is 0 Å². The van der Waals surface area contributed by atoms with Crippen LogP contribution in [0.5, 0.6) is 0 Å². The van der Waals surface area contributed by atoms with Crippen molar-refractivity contribution in [3.05, 3.63) is 0 Å². The SMILES string of the molecule is O=S(=O)(C1CC1)N1CC[C@@H]2OCCC[C@@]2(COCC2CC2)C1. The predicted octanol–water partition coefficient (Wildman–Crippen LogP) is 1.78. The largest absolute Gasteiger partial charge is 0.380 e. The van der Waals surface area contributed by atoms with Crippen LogP contribution < -0.4 is 0 Å². The summed E-state index contributed by atoms with van der Waals surface area (Å²) in [5.74, 6) is 0.745. The van der Waals surface area contributed by atoms with Gasteiger partial charge in [-0.3, -0.25) is 0 Å². The van der Waals surface area contributed by atoms with Gasteiger partial charge in [0.15, 0.2) is 0 Å². The Bertz CT molecular complexity index is 514. The van der Waals surface area contributed by atoms with Gasteiger partial charge in [0.2, 0.25) is 10.0 Å². The van der Waals surface area contributed by atoms with Crippen molar-refractivity contribution in [3.8, 4) is 0 Å². The van der Waals surface area contributed by atoms with Gasteiger partial charge in [-0.1, -0.05) is 0 Å². The Morgan fingerprint density at radius 1 is 1.18 bits per heavy atom. The highest BCUT2D eigenvalue weighted by atomic mass is 32.2. The van der Waals surface area contributed by atoms with Crippen LogP contribution in [0.2, 0.25) is 0 Å². The van der Waals surface area contributed by atoms with Crippen molar-refractivity contribution in [2.75, 3.05) is 32.9 Å². The van der Waals surface area contributed by atoms with E-state index < -0.39 is 10.0 Å². The number of rotatable bonds is 6. The molecular weight excluding hydrogens is 302 g/mol. The second-order valence-electron chi connectivity index (χ2n) is 7.65. The lowest BCUT2D eigenvalue weighted by molar-refractivity contribution is -0.143. The molecular formula is C16H27NO4S. The molecule has 4 rings (SSSR count). The first-order chi connectivity index (χ1) is 10.6. The smallest absolute Gasteiger partial charge is 0.217 e. The second kappa shape index (κ2) is 5.72. The first-order valence-electron chi connectivity index (χ1n) is 8.78. The summed E-state index contributed by atoms with van der Waals surface area (Å²) < 4.78 is 38.9. The Balaban J connectivity index is 1.47. The van der Waals surface area contributed by atoms with Gasteiger partial charge in [-0.25, -0.2) is 12.7 Å². The van der Waals surface area contributed by atoms with Gasteiger partial charge in [0.25, 0.3) is 0 Å². The highest BCUT2D eigenvalue weighted by molar-refractivity contribution is 7.90. The summed E-state index contributed by atoms with van der Waals surface area (Å²) >= 11 is 0. The van der Waals surface area contributed by atoms with Crippen LogP contribution in [0.25, 0.3) is 0 Å². The Kier molecular flexibility index (Phi) is 4.00. The zero-order valence-corrected chi connectivity index (χ0v) is 14.0. The Morgan fingerprint density at radius 3 is 2.73 bits per heavy atom. The highest BCUT2D eigenvalue weighted by Gasteiger charge is 2.51. The molecule has 2 saturated carbocycles. The maximum Gasteiger partial charge on any atom is 0.217 e. The lowest BCUT2D eigenvalue weighted by atomic mass is 9.73. The standard InChI is InChI=1S/C16H27NO4S/c18-22(19,14-4-5-14)17-8-6-15-16(11-17,7-1-9-21-15)12-20-10-13-2-3-13/h13-15H,1-12H2/t15-,16-/m0/s1. The fourth-order valence-electron chi connectivity index (χ4n) is 3.97. The fourth-order valence-corrected chi connectivity index (χ4v) is 5.92. The van der Waals surface area contributed by atoms with E-state index in [1.54, 1.807) is 4.31 Å². The van der Waals surface area contributed by atoms with Crippen molar-refractivity contribution >= 4 is 10.0 Å². The van der Waals surface area contributed by atoms with E-state index in [9.17, 15) is 8.42 Å². The van der Waals surface area contributed by atoms with E-state index in [0.717, 1.165) is 51.2 Å². The number of piperidine rings is 1. The van der Waals surface area contributed by atoms with E-state index in [4.69, 9.17) is 9.47 Å². The third kappa shape index (κ3) is 2.95. The summed E-state index contributed by atoms with van der Waals surface area (Å²) in [6.45, 7) is 3.52. The van der Waals surface area contributed by atoms with Crippen LogP contribution in [0.4, 0.5) is 0 Å². The van der Waals surface area contributed by atoms with Crippen LogP contribution in [-0.4, -0.2) is 57.0 Å². The molecule has 2 aliphatic heterocycles. The Morgan fingerprint density at radius 2 is 2.00 bits per heavy atom. The molecule has 0 unspecified atom stereocenters. The molecule has 126 valence electrons. The van der Waals surface area contributed by atoms with Crippen molar-refractivity contribution < 1.29 is 17.9 Å². The Hall–Kier alpha value is -0.170. The van der Waals surface area contributed by atoms with E-state index >= 15 is 0 Å². The molecule has 4 fully saturated rings. The van der Waals surface area contributed by atoms with E-state index in [-0.39, 0.29) is 16.8 Å². The quantitative estimate of drug-likeness (QED) is 0.745. The van der Waals surface area contributed by atoms with E-state index in [1.807, 2.05) is 0 Å². The lowest BCUT2D eigenvalue weighted by Crippen LogP contribution is -2.58. The predicted molar refractivity (Wildman–Crippen MR) is 83.1 cm³/mol. The summed E-state index contributed by atoms with van der Waals surface area (Å²) in [7, 11) is -3.08. The molecule has 4 aliphatic rings. The zero-order valence-electron chi connectivity index (χ0n) is 13.2. The van der Waals surface area contributed by atoms with Gasteiger partial charge < -0.3 is 9.47 Å². The Labute approximate surface area is 133 Å². The number of fused-ring (bicyclic) bond motifs is 1. The van der Waals surface area contributed by atoms with Crippen LogP contribution >= 0.6 is 0 Å². The summed E-state index contributed by atoms with van der Waals surface area (Å²) in [6, 6.07) is 0. The molecule has 0 aromatic heterocycles. The first kappa shape index (κ1) is 15.4. The van der Waals surface area contributed by atoms with Gasteiger partial charge in [-0.05, 0) is 50.9 Å². The van der Waals surface area contributed by atoms with Crippen LogP contribution in [0.1, 0.15) is 44.9 Å². The molecule has 0 aromatic rings. The van der Waals surface area contributed by atoms with Crippen LogP contribution in [-0.2, 0) is 19.5 Å². The minimum Gasteiger partial charge on any atom is -0.380 e. The van der Waals surface area contributed by atoms with E-state index in [1.165, 1.54) is 12.8 Å². The monoisotopic (exact) mass is 329 g/mol. The fraction of sp³-hybridized carbons (Fsp3) is 1.00. The average molecular weight is 329 g/mol. The van der Waals surface area contributed by atoms with Crippen molar-refractivity contribution in [3.63, 3.8) is 0 Å². The molecule has 2 atom stereocenters. The third-order valence-corrected chi connectivity index (χ3v) is 8.04. The molecule has 0 spiro atoms. The summed E-state index contributed by atoms with van der Waals surface area (Å²) in [5, 5.41) is -0.113. The maximum atomic E-state index is 12.6. The number of sulfonamides is 1. The van der Waals surface area contributed by atoms with Crippen LogP contribution in [0, 0.1) is 11.3 Å². The zero-order chi connectivity index (χ0) is 15.2. The second-order valence-corrected chi connectivity index (χ2v) is 9.86. The molecule has 22 heavy (non-hydrogen) atoms. The van der Waals surface area contributed by atoms with Gasteiger partial charge in [0.1, 0.15) is 0 Å². The number of nitrogens with zero attached hydrogens (tertiary/aromatic N) is 1. The normalized spacial score (nSPS) is 37.0. The molecule has 6 heteroatoms. The number of hydrogen-bond acceptors (Lipinski definition) is 4. The molecule has 0 radical (unpaired) electrons. The molecule has 2 saturated heterocycles. The molecule has 0 amide bonds. The van der Waals surface area contributed by atoms with Crippen molar-refractivity contribution in [2.24, 2.45) is 11.3 Å². The summed E-state index contributed by atoms with van der Waals surface area (Å²) in [5.41, 5.74) is -0.118. The minimum atomic E-state index is -3.08. The highest BCUT2D eigenvalue weighted by Crippen LogP contribution is 2.43. The van der Waals surface area contributed by atoms with Gasteiger partial charge in [-0.2, -0.15) is 0 Å². The molecule has 2 aliphatic carbocycles. The molecule has 0 aromatic carbocycles. The van der Waals surface area contributed by atoms with Crippen molar-refractivity contribution in [2.45, 2.75) is 56.3 Å². The van der Waals surface area contributed by atoms with E-state index in [0.29, 0.717) is 19.7 Å². The van der Waals surface area contributed by atoms with Crippen LogP contribution in [0.15, 0.2) is 0 Å². The molecule has 0 bridgehead atoms.